The highest BCUT2D eigenvalue weighted by molar-refractivity contribution is 7.16. The van der Waals surface area contributed by atoms with Gasteiger partial charge in [0.2, 0.25) is 4.96 Å². The zero-order valence-corrected chi connectivity index (χ0v) is 13.8. The highest BCUT2D eigenvalue weighted by Crippen LogP contribution is 2.33. The summed E-state index contributed by atoms with van der Waals surface area (Å²) in [5.74, 6) is 2.82. The second-order valence-corrected chi connectivity index (χ2v) is 7.71. The maximum Gasteiger partial charge on any atom is 0.234 e. The number of hydrogen-bond donors (Lipinski definition) is 1. The quantitative estimate of drug-likeness (QED) is 0.890. The smallest absolute Gasteiger partial charge is 0.234 e. The molecule has 0 amide bonds. The van der Waals surface area contributed by atoms with Crippen molar-refractivity contribution < 1.29 is 0 Å². The maximum atomic E-state index is 5.91. The molecule has 0 bridgehead atoms. The largest absolute Gasteiger partial charge is 0.330 e. The predicted molar refractivity (Wildman–Crippen MR) is 85.6 cm³/mol. The Morgan fingerprint density at radius 1 is 1.29 bits per heavy atom. The van der Waals surface area contributed by atoms with Crippen LogP contribution in [0.25, 0.3) is 4.96 Å². The van der Waals surface area contributed by atoms with Gasteiger partial charge in [0.05, 0.1) is 0 Å². The Balaban J connectivity index is 1.77. The molecule has 6 heteroatoms. The lowest BCUT2D eigenvalue weighted by Crippen LogP contribution is -2.19. The molecule has 2 aromatic rings. The Morgan fingerprint density at radius 2 is 2.05 bits per heavy atom. The summed E-state index contributed by atoms with van der Waals surface area (Å²) in [6.45, 7) is 5.23. The van der Waals surface area contributed by atoms with Crippen molar-refractivity contribution in [2.75, 3.05) is 6.54 Å². The number of nitrogens with two attached hydrogens (primary N) is 1. The normalized spacial score (nSPS) is 18.1. The molecule has 1 unspecified atom stereocenters. The highest BCUT2D eigenvalue weighted by Gasteiger charge is 2.24. The van der Waals surface area contributed by atoms with Crippen LogP contribution in [0.2, 0.25) is 0 Å². The SMILES string of the molecule is CC(C)CC(CN)Cc1nn2c(C3CCCC3)nnc2s1. The van der Waals surface area contributed by atoms with E-state index in [1.165, 1.54) is 25.7 Å². The second-order valence-electron chi connectivity index (χ2n) is 6.67. The van der Waals surface area contributed by atoms with Crippen LogP contribution in [-0.2, 0) is 6.42 Å². The van der Waals surface area contributed by atoms with Crippen molar-refractivity contribution in [2.24, 2.45) is 17.6 Å². The first kappa shape index (κ1) is 14.9. The van der Waals surface area contributed by atoms with Gasteiger partial charge in [0.25, 0.3) is 0 Å². The van der Waals surface area contributed by atoms with Crippen molar-refractivity contribution in [1.29, 1.82) is 0 Å². The lowest BCUT2D eigenvalue weighted by molar-refractivity contribution is 0.413. The van der Waals surface area contributed by atoms with Crippen molar-refractivity contribution in [3.8, 4) is 0 Å². The zero-order valence-electron chi connectivity index (χ0n) is 13.0. The monoisotopic (exact) mass is 307 g/mol. The van der Waals surface area contributed by atoms with E-state index in [1.807, 2.05) is 4.52 Å². The third kappa shape index (κ3) is 3.26. The molecule has 2 N–H and O–H groups in total. The minimum absolute atomic E-state index is 0.517. The first-order valence-electron chi connectivity index (χ1n) is 8.08. The van der Waals surface area contributed by atoms with E-state index in [-0.39, 0.29) is 0 Å². The molecule has 1 aliphatic carbocycles. The van der Waals surface area contributed by atoms with Gasteiger partial charge in [-0.05, 0) is 37.6 Å². The molecular weight excluding hydrogens is 282 g/mol. The van der Waals surface area contributed by atoms with Crippen LogP contribution in [-0.4, -0.2) is 26.4 Å². The molecule has 3 rings (SSSR count). The Bertz CT molecular complexity index is 582. The summed E-state index contributed by atoms with van der Waals surface area (Å²) < 4.78 is 1.99. The molecule has 1 aliphatic rings. The molecule has 0 aromatic carbocycles. The Hall–Kier alpha value is -1.01. The Morgan fingerprint density at radius 3 is 2.71 bits per heavy atom. The molecule has 116 valence electrons. The summed E-state index contributed by atoms with van der Waals surface area (Å²) in [6.07, 6.45) is 7.19. The molecule has 0 radical (unpaired) electrons. The number of fused-ring (bicyclic) bond motifs is 1. The van der Waals surface area contributed by atoms with Crippen LogP contribution in [0.3, 0.4) is 0 Å². The van der Waals surface area contributed by atoms with Crippen LogP contribution in [0.15, 0.2) is 0 Å². The van der Waals surface area contributed by atoms with Crippen LogP contribution in [0.1, 0.15) is 62.7 Å². The van der Waals surface area contributed by atoms with Crippen LogP contribution in [0.5, 0.6) is 0 Å². The van der Waals surface area contributed by atoms with Crippen molar-refractivity contribution in [3.63, 3.8) is 0 Å². The topological polar surface area (TPSA) is 69.1 Å². The minimum Gasteiger partial charge on any atom is -0.330 e. The second kappa shape index (κ2) is 6.40. The van der Waals surface area contributed by atoms with Crippen molar-refractivity contribution in [1.82, 2.24) is 19.8 Å². The predicted octanol–water partition coefficient (Wildman–Crippen LogP) is 3.01. The van der Waals surface area contributed by atoms with Gasteiger partial charge in [0.1, 0.15) is 5.01 Å². The number of aromatic nitrogens is 4. The van der Waals surface area contributed by atoms with E-state index < -0.39 is 0 Å². The van der Waals surface area contributed by atoms with Gasteiger partial charge in [-0.1, -0.05) is 38.0 Å². The summed E-state index contributed by atoms with van der Waals surface area (Å²) in [4.78, 5) is 0.937. The molecule has 0 saturated heterocycles. The molecule has 2 heterocycles. The number of nitrogens with zero attached hydrogens (tertiary/aromatic N) is 4. The van der Waals surface area contributed by atoms with Gasteiger partial charge in [0.15, 0.2) is 5.82 Å². The van der Waals surface area contributed by atoms with Crippen LogP contribution in [0, 0.1) is 11.8 Å². The van der Waals surface area contributed by atoms with Crippen LogP contribution >= 0.6 is 11.3 Å². The molecule has 1 saturated carbocycles. The first-order valence-corrected chi connectivity index (χ1v) is 8.90. The van der Waals surface area contributed by atoms with Gasteiger partial charge >= 0.3 is 0 Å². The van der Waals surface area contributed by atoms with Crippen molar-refractivity contribution in [2.45, 2.75) is 58.3 Å². The molecule has 21 heavy (non-hydrogen) atoms. The summed E-state index contributed by atoms with van der Waals surface area (Å²) in [5, 5.41) is 14.6. The molecule has 1 fully saturated rings. The standard InChI is InChI=1S/C15H25N5S/c1-10(2)7-11(9-16)8-13-19-20-14(12-5-3-4-6-12)17-18-15(20)21-13/h10-12H,3-9,16H2,1-2H3. The summed E-state index contributed by atoms with van der Waals surface area (Å²) in [6, 6.07) is 0. The van der Waals surface area contributed by atoms with Gasteiger partial charge in [-0.2, -0.15) is 9.61 Å². The maximum absolute atomic E-state index is 5.91. The van der Waals surface area contributed by atoms with E-state index in [9.17, 15) is 0 Å². The average molecular weight is 307 g/mol. The lowest BCUT2D eigenvalue weighted by atomic mass is 9.95. The molecule has 2 aromatic heterocycles. The number of hydrogen-bond acceptors (Lipinski definition) is 5. The first-order chi connectivity index (χ1) is 10.2. The fraction of sp³-hybridized carbons (Fsp3) is 0.800. The number of rotatable bonds is 6. The van der Waals surface area contributed by atoms with E-state index in [1.54, 1.807) is 11.3 Å². The van der Waals surface area contributed by atoms with E-state index in [2.05, 4.69) is 24.0 Å². The Kier molecular flexibility index (Phi) is 4.54. The Labute approximate surface area is 129 Å². The third-order valence-electron chi connectivity index (χ3n) is 4.38. The fourth-order valence-electron chi connectivity index (χ4n) is 3.37. The minimum atomic E-state index is 0.517. The molecule has 0 spiro atoms. The van der Waals surface area contributed by atoms with Crippen LogP contribution < -0.4 is 5.73 Å². The summed E-state index contributed by atoms with van der Waals surface area (Å²) >= 11 is 1.67. The third-order valence-corrected chi connectivity index (χ3v) is 5.30. The summed E-state index contributed by atoms with van der Waals surface area (Å²) in [5.41, 5.74) is 5.91. The van der Waals surface area contributed by atoms with E-state index in [0.29, 0.717) is 17.8 Å². The van der Waals surface area contributed by atoms with Gasteiger partial charge in [-0.25, -0.2) is 0 Å². The van der Waals surface area contributed by atoms with Crippen molar-refractivity contribution in [3.05, 3.63) is 10.8 Å². The molecule has 1 atom stereocenters. The van der Waals surface area contributed by atoms with Crippen molar-refractivity contribution >= 4 is 16.3 Å². The van der Waals surface area contributed by atoms with Gasteiger partial charge in [-0.15, -0.1) is 10.2 Å². The zero-order chi connectivity index (χ0) is 14.8. The average Bonchev–Trinajstić information content (AvgIpc) is 3.12. The van der Waals surface area contributed by atoms with E-state index >= 15 is 0 Å². The summed E-state index contributed by atoms with van der Waals surface area (Å²) in [7, 11) is 0. The van der Waals surface area contributed by atoms with E-state index in [0.717, 1.165) is 35.2 Å². The van der Waals surface area contributed by atoms with Gasteiger partial charge < -0.3 is 5.73 Å². The van der Waals surface area contributed by atoms with E-state index in [4.69, 9.17) is 10.8 Å². The highest BCUT2D eigenvalue weighted by atomic mass is 32.1. The molecular formula is C15H25N5S. The molecule has 0 aliphatic heterocycles. The fourth-order valence-corrected chi connectivity index (χ4v) is 4.32. The lowest BCUT2D eigenvalue weighted by Gasteiger charge is -2.15. The molecule has 5 nitrogen and oxygen atoms in total. The van der Waals surface area contributed by atoms with Crippen LogP contribution in [0.4, 0.5) is 0 Å². The van der Waals surface area contributed by atoms with Gasteiger partial charge in [0, 0.05) is 12.3 Å². The van der Waals surface area contributed by atoms with Gasteiger partial charge in [-0.3, -0.25) is 0 Å².